The number of hydrogen-bond donors (Lipinski definition) is 1. The third-order valence-electron chi connectivity index (χ3n) is 6.66. The number of benzene rings is 2. The molecule has 0 radical (unpaired) electrons. The van der Waals surface area contributed by atoms with Crippen LogP contribution in [0.2, 0.25) is 0 Å². The summed E-state index contributed by atoms with van der Waals surface area (Å²) >= 11 is 0. The van der Waals surface area contributed by atoms with Gasteiger partial charge in [0.15, 0.2) is 5.82 Å². The van der Waals surface area contributed by atoms with Crippen LogP contribution in [-0.4, -0.2) is 71.5 Å². The Morgan fingerprint density at radius 2 is 1.65 bits per heavy atom. The van der Waals surface area contributed by atoms with Crippen molar-refractivity contribution in [1.82, 2.24) is 24.6 Å². The highest BCUT2D eigenvalue weighted by molar-refractivity contribution is 5.97. The lowest BCUT2D eigenvalue weighted by atomic mass is 10.2. The van der Waals surface area contributed by atoms with E-state index in [0.717, 1.165) is 44.9 Å². The van der Waals surface area contributed by atoms with Gasteiger partial charge in [0.2, 0.25) is 0 Å². The first-order valence-electron chi connectivity index (χ1n) is 12.5. The SMILES string of the molecule is COc1ccc(N2CCN(CCCNC(=O)c3cnn(-c4ccc(F)cc4)c3-n3cccc3)CC2)cc1. The van der Waals surface area contributed by atoms with Crippen LogP contribution in [0.4, 0.5) is 10.1 Å². The molecule has 5 rings (SSSR count). The topological polar surface area (TPSA) is 67.6 Å². The minimum Gasteiger partial charge on any atom is -0.497 e. The second kappa shape index (κ2) is 11.3. The third-order valence-corrected chi connectivity index (χ3v) is 6.66. The Hall–Kier alpha value is -4.11. The van der Waals surface area contributed by atoms with E-state index >= 15 is 0 Å². The van der Waals surface area contributed by atoms with Crippen molar-refractivity contribution in [2.24, 2.45) is 0 Å². The van der Waals surface area contributed by atoms with Gasteiger partial charge < -0.3 is 19.5 Å². The maximum atomic E-state index is 13.4. The zero-order chi connectivity index (χ0) is 25.6. The van der Waals surface area contributed by atoms with Gasteiger partial charge in [0.05, 0.1) is 19.0 Å². The summed E-state index contributed by atoms with van der Waals surface area (Å²) < 4.78 is 22.2. The molecule has 2 aromatic carbocycles. The summed E-state index contributed by atoms with van der Waals surface area (Å²) in [4.78, 5) is 17.9. The van der Waals surface area contributed by atoms with E-state index in [-0.39, 0.29) is 11.7 Å². The molecule has 0 bridgehead atoms. The Morgan fingerprint density at radius 1 is 0.973 bits per heavy atom. The molecule has 1 aliphatic heterocycles. The smallest absolute Gasteiger partial charge is 0.256 e. The van der Waals surface area contributed by atoms with Crippen LogP contribution < -0.4 is 15.0 Å². The highest BCUT2D eigenvalue weighted by Gasteiger charge is 2.20. The van der Waals surface area contributed by atoms with E-state index in [1.807, 2.05) is 41.2 Å². The number of carbonyl (C=O) groups is 1. The number of rotatable bonds is 9. The van der Waals surface area contributed by atoms with Crippen molar-refractivity contribution < 1.29 is 13.9 Å². The Kier molecular flexibility index (Phi) is 7.51. The predicted molar refractivity (Wildman–Crippen MR) is 141 cm³/mol. The fourth-order valence-corrected chi connectivity index (χ4v) is 4.62. The molecule has 0 unspecified atom stereocenters. The average Bonchev–Trinajstić information content (AvgIpc) is 3.62. The molecule has 37 heavy (non-hydrogen) atoms. The van der Waals surface area contributed by atoms with Gasteiger partial charge in [-0.1, -0.05) is 0 Å². The lowest BCUT2D eigenvalue weighted by molar-refractivity contribution is 0.0951. The Balaban J connectivity index is 1.14. The minimum absolute atomic E-state index is 0.179. The van der Waals surface area contributed by atoms with E-state index in [1.54, 1.807) is 30.1 Å². The Morgan fingerprint density at radius 3 is 2.32 bits per heavy atom. The molecule has 4 aromatic rings. The van der Waals surface area contributed by atoms with E-state index in [1.165, 1.54) is 17.8 Å². The second-order valence-corrected chi connectivity index (χ2v) is 9.00. The monoisotopic (exact) mass is 502 g/mol. The molecule has 8 nitrogen and oxygen atoms in total. The first-order valence-corrected chi connectivity index (χ1v) is 12.5. The number of anilines is 1. The van der Waals surface area contributed by atoms with Crippen molar-refractivity contribution in [3.05, 3.63) is 90.6 Å². The van der Waals surface area contributed by atoms with Crippen molar-refractivity contribution >= 4 is 11.6 Å². The van der Waals surface area contributed by atoms with Crippen molar-refractivity contribution in [2.45, 2.75) is 6.42 Å². The summed E-state index contributed by atoms with van der Waals surface area (Å²) in [5, 5.41) is 7.47. The lowest BCUT2D eigenvalue weighted by Gasteiger charge is -2.36. The fourth-order valence-electron chi connectivity index (χ4n) is 4.62. The molecule has 0 atom stereocenters. The maximum Gasteiger partial charge on any atom is 0.256 e. The van der Waals surface area contributed by atoms with Gasteiger partial charge in [-0.15, -0.1) is 0 Å². The number of ether oxygens (including phenoxy) is 1. The lowest BCUT2D eigenvalue weighted by Crippen LogP contribution is -2.47. The average molecular weight is 503 g/mol. The van der Waals surface area contributed by atoms with E-state index in [4.69, 9.17) is 4.74 Å². The molecule has 0 aliphatic carbocycles. The highest BCUT2D eigenvalue weighted by atomic mass is 19.1. The van der Waals surface area contributed by atoms with Crippen molar-refractivity contribution in [2.75, 3.05) is 51.3 Å². The van der Waals surface area contributed by atoms with Crippen LogP contribution in [0.5, 0.6) is 5.75 Å². The Labute approximate surface area is 215 Å². The molecular weight excluding hydrogens is 471 g/mol. The molecule has 3 heterocycles. The summed E-state index contributed by atoms with van der Waals surface area (Å²) in [6.07, 6.45) is 6.14. The summed E-state index contributed by atoms with van der Waals surface area (Å²) in [7, 11) is 1.68. The number of hydrogen-bond acceptors (Lipinski definition) is 5. The van der Waals surface area contributed by atoms with Gasteiger partial charge in [0, 0.05) is 50.8 Å². The molecule has 0 saturated carbocycles. The molecule has 1 saturated heterocycles. The third kappa shape index (κ3) is 5.67. The maximum absolute atomic E-state index is 13.4. The number of amides is 1. The van der Waals surface area contributed by atoms with Gasteiger partial charge >= 0.3 is 0 Å². The molecule has 1 N–H and O–H groups in total. The van der Waals surface area contributed by atoms with Crippen LogP contribution in [-0.2, 0) is 0 Å². The van der Waals surface area contributed by atoms with Crippen molar-refractivity contribution in [1.29, 1.82) is 0 Å². The normalized spacial score (nSPS) is 14.1. The van der Waals surface area contributed by atoms with Gasteiger partial charge in [-0.25, -0.2) is 9.07 Å². The van der Waals surface area contributed by atoms with Gasteiger partial charge in [-0.2, -0.15) is 5.10 Å². The largest absolute Gasteiger partial charge is 0.497 e. The molecule has 192 valence electrons. The van der Waals surface area contributed by atoms with Gasteiger partial charge in [0.1, 0.15) is 17.1 Å². The molecule has 1 aliphatic rings. The van der Waals surface area contributed by atoms with Crippen LogP contribution in [0.1, 0.15) is 16.8 Å². The number of halogens is 1. The summed E-state index contributed by atoms with van der Waals surface area (Å²) in [5.74, 6) is 0.983. The molecular formula is C28H31FN6O2. The number of nitrogens with one attached hydrogen (secondary N) is 1. The molecule has 2 aromatic heterocycles. The van der Waals surface area contributed by atoms with Crippen LogP contribution in [0.25, 0.3) is 11.5 Å². The number of nitrogens with zero attached hydrogens (tertiary/aromatic N) is 5. The van der Waals surface area contributed by atoms with E-state index in [0.29, 0.717) is 23.6 Å². The highest BCUT2D eigenvalue weighted by Crippen LogP contribution is 2.21. The van der Waals surface area contributed by atoms with Gasteiger partial charge in [0.25, 0.3) is 5.91 Å². The Bertz CT molecular complexity index is 1290. The number of piperazine rings is 1. The van der Waals surface area contributed by atoms with Crippen LogP contribution in [0.15, 0.2) is 79.3 Å². The zero-order valence-corrected chi connectivity index (χ0v) is 20.9. The van der Waals surface area contributed by atoms with Crippen molar-refractivity contribution in [3.63, 3.8) is 0 Å². The van der Waals surface area contributed by atoms with E-state index in [2.05, 4.69) is 32.3 Å². The second-order valence-electron chi connectivity index (χ2n) is 9.00. The first-order chi connectivity index (χ1) is 18.1. The zero-order valence-electron chi connectivity index (χ0n) is 20.9. The number of methoxy groups -OCH3 is 1. The van der Waals surface area contributed by atoms with Gasteiger partial charge in [-0.3, -0.25) is 9.69 Å². The number of carbonyl (C=O) groups excluding carboxylic acids is 1. The summed E-state index contributed by atoms with van der Waals surface area (Å²) in [6, 6.07) is 18.0. The molecule has 9 heteroatoms. The van der Waals surface area contributed by atoms with Crippen LogP contribution in [0, 0.1) is 5.82 Å². The van der Waals surface area contributed by atoms with E-state index < -0.39 is 0 Å². The fraction of sp³-hybridized carbons (Fsp3) is 0.286. The molecule has 1 fully saturated rings. The first kappa shape index (κ1) is 24.6. The van der Waals surface area contributed by atoms with Crippen LogP contribution >= 0.6 is 0 Å². The molecule has 0 spiro atoms. The number of aromatic nitrogens is 3. The summed E-state index contributed by atoms with van der Waals surface area (Å²) in [6.45, 7) is 5.42. The van der Waals surface area contributed by atoms with Crippen LogP contribution in [0.3, 0.4) is 0 Å². The van der Waals surface area contributed by atoms with E-state index in [9.17, 15) is 9.18 Å². The summed E-state index contributed by atoms with van der Waals surface area (Å²) in [5.41, 5.74) is 2.36. The quantitative estimate of drug-likeness (QED) is 0.353. The molecule has 1 amide bonds. The van der Waals surface area contributed by atoms with Gasteiger partial charge in [-0.05, 0) is 73.6 Å². The van der Waals surface area contributed by atoms with Crippen molar-refractivity contribution in [3.8, 4) is 17.3 Å². The predicted octanol–water partition coefficient (Wildman–Crippen LogP) is 3.75. The standard InChI is InChI=1S/C28H31FN6O2/c1-37-25-11-9-23(10-12-25)33-19-17-32(18-20-33)14-4-13-30-27(36)26-21-31-35(24-7-5-22(29)6-8-24)28(26)34-15-2-3-16-34/h2-3,5-12,15-16,21H,4,13-14,17-20H2,1H3,(H,30,36). The minimum atomic E-state index is -0.321.